The number of carbonyl (C=O) groups is 1. The van der Waals surface area contributed by atoms with Crippen molar-refractivity contribution in [1.82, 2.24) is 19.4 Å². The fourth-order valence-electron chi connectivity index (χ4n) is 6.46. The number of fused-ring (bicyclic) bond motifs is 2. The first kappa shape index (κ1) is 50.2. The second kappa shape index (κ2) is 20.3. The van der Waals surface area contributed by atoms with Gasteiger partial charge in [-0.15, -0.1) is 0 Å². The molecule has 1 aliphatic carbocycles. The largest absolute Gasteiger partial charge is 0.490 e. The molecule has 0 radical (unpaired) electrons. The number of phosphoric acid groups is 3. The van der Waals surface area contributed by atoms with E-state index in [1.54, 1.807) is 12.1 Å². The van der Waals surface area contributed by atoms with Crippen molar-refractivity contribution in [2.75, 3.05) is 63.0 Å². The Morgan fingerprint density at radius 3 is 2.45 bits per heavy atom. The van der Waals surface area contributed by atoms with E-state index in [2.05, 4.69) is 28.8 Å². The minimum Gasteiger partial charge on any atom is -0.478 e. The number of benzene rings is 3. The van der Waals surface area contributed by atoms with Gasteiger partial charge in [-0.2, -0.15) is 13.6 Å². The molecule has 3 aliphatic rings. The Bertz CT molecular complexity index is 2890. The van der Waals surface area contributed by atoms with Crippen molar-refractivity contribution in [2.45, 2.75) is 29.8 Å². The van der Waals surface area contributed by atoms with Gasteiger partial charge in [0.2, 0.25) is 5.36 Å². The van der Waals surface area contributed by atoms with E-state index in [1.807, 2.05) is 74.1 Å². The van der Waals surface area contributed by atoms with Gasteiger partial charge in [-0.25, -0.2) is 27.9 Å². The Kier molecular flexibility index (Phi) is 15.7. The first-order chi connectivity index (χ1) is 30.4. The lowest BCUT2D eigenvalue weighted by Gasteiger charge is -2.19. The number of aliphatic hydroxyl groups excluding tert-OH is 1. The maximum Gasteiger partial charge on any atom is 0.490 e. The first-order valence-corrected chi connectivity index (χ1v) is 26.1. The van der Waals surface area contributed by atoms with Crippen LogP contribution in [0.2, 0.25) is 0 Å². The molecule has 1 aromatic heterocycles. The lowest BCUT2D eigenvalue weighted by molar-refractivity contribution is -0.0451. The smallest absolute Gasteiger partial charge is 0.478 e. The highest BCUT2D eigenvalue weighted by atomic mass is 33.1. The van der Waals surface area contributed by atoms with Crippen LogP contribution >= 0.6 is 57.3 Å². The van der Waals surface area contributed by atoms with Crippen LogP contribution in [0.25, 0.3) is 33.4 Å². The number of nitrogens with one attached hydrogen (secondary N) is 2. The second-order valence-corrected chi connectivity index (χ2v) is 21.8. The highest BCUT2D eigenvalue weighted by molar-refractivity contribution is 8.76. The molecule has 0 bridgehead atoms. The van der Waals surface area contributed by atoms with E-state index in [-0.39, 0.29) is 22.9 Å². The predicted octanol–water partition coefficient (Wildman–Crippen LogP) is 3.86. The number of rotatable bonds is 17. The van der Waals surface area contributed by atoms with Crippen LogP contribution in [-0.4, -0.2) is 110 Å². The van der Waals surface area contributed by atoms with Crippen LogP contribution < -0.4 is 36.9 Å². The number of hydrogen-bond acceptors (Lipinski definition) is 17. The number of nitrogens with two attached hydrogens (primary N) is 1. The van der Waals surface area contributed by atoms with E-state index in [0.29, 0.717) is 45.4 Å². The van der Waals surface area contributed by atoms with Gasteiger partial charge in [-0.1, -0.05) is 27.7 Å². The molecule has 350 valence electrons. The van der Waals surface area contributed by atoms with Crippen LogP contribution in [0.5, 0.6) is 0 Å². The molecule has 1 saturated heterocycles. The van der Waals surface area contributed by atoms with Gasteiger partial charge >= 0.3 is 35.1 Å². The van der Waals surface area contributed by atoms with Crippen LogP contribution in [0.4, 0.5) is 17.2 Å². The maximum absolute atomic E-state index is 12.8. The molecular formula is C36H43N7O16P3S3+. The lowest BCUT2D eigenvalue weighted by atomic mass is 9.90. The van der Waals surface area contributed by atoms with Crippen molar-refractivity contribution in [3.05, 3.63) is 82.2 Å². The number of ether oxygens (including phenoxy) is 1. The normalized spacial score (nSPS) is 18.3. The van der Waals surface area contributed by atoms with E-state index < -0.39 is 60.2 Å². The van der Waals surface area contributed by atoms with Gasteiger partial charge < -0.3 is 60.2 Å². The van der Waals surface area contributed by atoms with Gasteiger partial charge in [0.15, 0.2) is 5.11 Å². The van der Waals surface area contributed by atoms with E-state index in [1.165, 1.54) is 23.1 Å². The molecule has 23 nitrogen and oxygen atoms in total. The third-order valence-corrected chi connectivity index (χ3v) is 15.8. The fraction of sp³-hybridized carbons (Fsp3) is 0.306. The fourth-order valence-corrected chi connectivity index (χ4v) is 11.7. The number of anilines is 3. The molecule has 1 fully saturated rings. The highest BCUT2D eigenvalue weighted by Gasteiger charge is 2.43. The van der Waals surface area contributed by atoms with E-state index >= 15 is 0 Å². The summed E-state index contributed by atoms with van der Waals surface area (Å²) in [6, 6.07) is 16.5. The molecule has 0 saturated carbocycles. The van der Waals surface area contributed by atoms with Crippen LogP contribution in [0.15, 0.2) is 74.9 Å². The quantitative estimate of drug-likeness (QED) is 0.0159. The van der Waals surface area contributed by atoms with E-state index in [0.717, 1.165) is 37.4 Å². The van der Waals surface area contributed by atoms with Crippen LogP contribution in [0.3, 0.4) is 0 Å². The van der Waals surface area contributed by atoms with Crippen molar-refractivity contribution >= 4 is 96.5 Å². The average molecular weight is 1020 g/mol. The van der Waals surface area contributed by atoms with Crippen molar-refractivity contribution in [2.24, 2.45) is 0 Å². The molecule has 2 aromatic carbocycles. The Hall–Kier alpha value is -4.20. The molecule has 10 N–H and O–H groups in total. The molecule has 2 aliphatic heterocycles. The summed E-state index contributed by atoms with van der Waals surface area (Å²) in [6.45, 7) is -0.591. The summed E-state index contributed by atoms with van der Waals surface area (Å²) in [5, 5.41) is 28.9. The SMILES string of the molecule is CN(C)c1ccc2c(-c3ccc(NC(=S)NCCSSc4cn([C@H]5C[C@H](O)[C@@H](COP(=O)(O)OP(=O)(O)OP(=O)(O)O)O5)c(=O)nc4N)cc3C(=O)O)c3ccc(=[N+](C)C)cc-3oc2c1. The number of aliphatic hydroxyl groups is 1. The number of hydrogen-bond donors (Lipinski definition) is 9. The van der Waals surface area contributed by atoms with Crippen LogP contribution in [-0.2, 0) is 31.6 Å². The number of carboxylic acids is 1. The number of nitrogens with zero attached hydrogens (tertiary/aromatic N) is 4. The average Bonchev–Trinajstić information content (AvgIpc) is 3.57. The third-order valence-electron chi connectivity index (χ3n) is 9.40. The summed E-state index contributed by atoms with van der Waals surface area (Å²) >= 11 is 5.51. The van der Waals surface area contributed by atoms with Crippen molar-refractivity contribution < 1.29 is 70.6 Å². The van der Waals surface area contributed by atoms with Gasteiger partial charge in [-0.3, -0.25) is 9.09 Å². The zero-order valence-electron chi connectivity index (χ0n) is 34.5. The predicted molar refractivity (Wildman–Crippen MR) is 246 cm³/mol. The van der Waals surface area contributed by atoms with E-state index in [4.69, 9.17) is 36.9 Å². The van der Waals surface area contributed by atoms with Gasteiger partial charge in [0, 0.05) is 79.0 Å². The summed E-state index contributed by atoms with van der Waals surface area (Å²) in [6.07, 6.45) is -2.84. The molecule has 0 spiro atoms. The number of nitrogen functional groups attached to an aromatic ring is 1. The molecule has 65 heavy (non-hydrogen) atoms. The summed E-state index contributed by atoms with van der Waals surface area (Å²) in [5.41, 5.74) is 9.05. The zero-order valence-corrected chi connectivity index (χ0v) is 39.7. The Morgan fingerprint density at radius 1 is 1.05 bits per heavy atom. The Morgan fingerprint density at radius 2 is 1.77 bits per heavy atom. The summed E-state index contributed by atoms with van der Waals surface area (Å²) in [5.74, 6) is -0.216. The van der Waals surface area contributed by atoms with Crippen molar-refractivity contribution in [3.63, 3.8) is 0 Å². The standard InChI is InChI=1S/C36H42N7O16P3S3/c1-41(2)20-6-9-23-27(14-20)56-28-15-21(42(3)4)7-10-24(28)32(23)22-8-5-19(13-25(22)34(45)46)39-35(63)38-11-12-64-65-30-17-43(36(47)40-33(30)37)31-16-26(44)29(57-31)18-55-61(51,52)59-62(53,54)58-60(48,49)50/h5-10,13-15,17,26,29,31,44H,11-12,16,18H2,1-4H3,(H8,37,38,40,45,46,47,48,49,50,51,52,53,54,63)/p+1/t26-,29+,31+/m0/s1. The molecule has 5 atom stereocenters. The molecule has 3 heterocycles. The van der Waals surface area contributed by atoms with Crippen LogP contribution in [0, 0.1) is 0 Å². The summed E-state index contributed by atoms with van der Waals surface area (Å²) in [7, 11) is -6.71. The number of carboxylic acid groups (broad SMARTS) is 1. The molecule has 6 rings (SSSR count). The van der Waals surface area contributed by atoms with Crippen molar-refractivity contribution in [1.29, 1.82) is 0 Å². The monoisotopic (exact) mass is 1020 g/mol. The summed E-state index contributed by atoms with van der Waals surface area (Å²) in [4.78, 5) is 68.1. The maximum atomic E-state index is 12.8. The number of phosphoric ester groups is 1. The second-order valence-electron chi connectivity index (χ2n) is 14.5. The summed E-state index contributed by atoms with van der Waals surface area (Å²) < 4.78 is 61.4. The minimum atomic E-state index is -5.77. The van der Waals surface area contributed by atoms with Gasteiger partial charge in [0.25, 0.3) is 0 Å². The van der Waals surface area contributed by atoms with Gasteiger partial charge in [-0.05, 0) is 48.1 Å². The number of aromatic carboxylic acids is 1. The topological polar surface area (TPSA) is 331 Å². The zero-order chi connectivity index (χ0) is 47.6. The highest BCUT2D eigenvalue weighted by Crippen LogP contribution is 2.66. The lowest BCUT2D eigenvalue weighted by Crippen LogP contribution is -2.30. The van der Waals surface area contributed by atoms with E-state index in [9.17, 15) is 43.3 Å². The molecular weight excluding hydrogens is 976 g/mol. The number of aromatic nitrogens is 2. The van der Waals surface area contributed by atoms with Gasteiger partial charge in [0.1, 0.15) is 43.6 Å². The first-order valence-electron chi connectivity index (χ1n) is 18.8. The van der Waals surface area contributed by atoms with Crippen molar-refractivity contribution in [3.8, 4) is 22.5 Å². The molecule has 0 amide bonds. The molecule has 29 heteroatoms. The Labute approximate surface area is 382 Å². The van der Waals surface area contributed by atoms with Crippen LogP contribution in [0.1, 0.15) is 23.0 Å². The van der Waals surface area contributed by atoms with Gasteiger partial charge in [0.05, 0.1) is 29.2 Å². The molecule has 3 aromatic rings. The third kappa shape index (κ3) is 12.8. The minimum absolute atomic E-state index is 0.0377. The Balaban J connectivity index is 1.07. The number of thiocarbonyl (C=S) groups is 1. The molecule has 2 unspecified atom stereocenters.